The van der Waals surface area contributed by atoms with Gasteiger partial charge in [0.1, 0.15) is 48.8 Å². The molecule has 2 heterocycles. The summed E-state index contributed by atoms with van der Waals surface area (Å²) in [5.74, 6) is -0.235. The largest absolute Gasteiger partial charge is 0.394 e. The Kier molecular flexibility index (Phi) is 39.9. The van der Waals surface area contributed by atoms with Crippen LogP contribution >= 0.6 is 0 Å². The fourth-order valence-electron chi connectivity index (χ4n) is 9.76. The zero-order chi connectivity index (χ0) is 51.0. The first-order valence-corrected chi connectivity index (χ1v) is 28.9. The minimum absolute atomic E-state index is 0.235. The number of aliphatic hydroxyl groups is 8. The van der Waals surface area contributed by atoms with E-state index in [9.17, 15) is 45.6 Å². The topological polar surface area (TPSA) is 228 Å². The molecule has 0 aromatic heterocycles. The van der Waals surface area contributed by atoms with E-state index >= 15 is 0 Å². The number of hydrogen-bond acceptors (Lipinski definition) is 13. The molecule has 0 spiro atoms. The van der Waals surface area contributed by atoms with Crippen molar-refractivity contribution in [2.75, 3.05) is 19.8 Å². The van der Waals surface area contributed by atoms with Gasteiger partial charge < -0.3 is 65.1 Å². The molecule has 0 radical (unpaired) electrons. The molecule has 12 atom stereocenters. The van der Waals surface area contributed by atoms with Crippen LogP contribution in [0.25, 0.3) is 0 Å². The van der Waals surface area contributed by atoms with E-state index in [1.807, 2.05) is 6.08 Å². The van der Waals surface area contributed by atoms with Gasteiger partial charge in [0.15, 0.2) is 12.6 Å². The van der Waals surface area contributed by atoms with E-state index < -0.39 is 86.8 Å². The summed E-state index contributed by atoms with van der Waals surface area (Å²) in [6.07, 6.45) is 31.1. The maximum Gasteiger partial charge on any atom is 0.220 e. The first kappa shape index (κ1) is 64.8. The van der Waals surface area contributed by atoms with Crippen molar-refractivity contribution in [1.82, 2.24) is 5.32 Å². The van der Waals surface area contributed by atoms with E-state index in [4.69, 9.17) is 18.9 Å². The first-order chi connectivity index (χ1) is 34.1. The second kappa shape index (κ2) is 43.0. The van der Waals surface area contributed by atoms with Crippen LogP contribution in [0.15, 0.2) is 12.2 Å². The lowest BCUT2D eigenvalue weighted by Gasteiger charge is -2.46. The Morgan fingerprint density at radius 1 is 0.500 bits per heavy atom. The smallest absolute Gasteiger partial charge is 0.220 e. The van der Waals surface area contributed by atoms with Gasteiger partial charge in [0.2, 0.25) is 5.91 Å². The van der Waals surface area contributed by atoms with Crippen LogP contribution in [0.5, 0.6) is 0 Å². The second-order valence-electron chi connectivity index (χ2n) is 20.8. The molecule has 2 fully saturated rings. The Morgan fingerprint density at radius 2 is 0.886 bits per heavy atom. The maximum atomic E-state index is 13.2. The van der Waals surface area contributed by atoms with Crippen LogP contribution in [0.4, 0.5) is 0 Å². The third-order valence-corrected chi connectivity index (χ3v) is 14.5. The van der Waals surface area contributed by atoms with Gasteiger partial charge in [0, 0.05) is 6.42 Å². The number of nitrogens with one attached hydrogen (secondary N) is 1. The summed E-state index contributed by atoms with van der Waals surface area (Å²) in [6, 6.07) is -0.908. The van der Waals surface area contributed by atoms with Crippen LogP contribution in [0.2, 0.25) is 0 Å². The number of amides is 1. The summed E-state index contributed by atoms with van der Waals surface area (Å²) in [5, 5.41) is 86.9. The highest BCUT2D eigenvalue weighted by molar-refractivity contribution is 5.76. The molecule has 0 aromatic rings. The Labute approximate surface area is 425 Å². The van der Waals surface area contributed by atoms with Gasteiger partial charge in [-0.05, 0) is 19.3 Å². The van der Waals surface area contributed by atoms with Crippen molar-refractivity contribution in [3.63, 3.8) is 0 Å². The van der Waals surface area contributed by atoms with E-state index in [0.29, 0.717) is 6.42 Å². The molecule has 1 amide bonds. The van der Waals surface area contributed by atoms with Crippen LogP contribution in [0, 0.1) is 0 Å². The van der Waals surface area contributed by atoms with E-state index in [0.717, 1.165) is 38.5 Å². The minimum atomic E-state index is -1.78. The van der Waals surface area contributed by atoms with Crippen molar-refractivity contribution in [3.05, 3.63) is 12.2 Å². The van der Waals surface area contributed by atoms with Crippen LogP contribution < -0.4 is 5.32 Å². The van der Waals surface area contributed by atoms with Crippen LogP contribution in [0.1, 0.15) is 245 Å². The predicted octanol–water partition coefficient (Wildman–Crippen LogP) is 9.11. The highest BCUT2D eigenvalue weighted by Crippen LogP contribution is 2.30. The number of allylic oxidation sites excluding steroid dienone is 1. The molecule has 9 N–H and O–H groups in total. The lowest BCUT2D eigenvalue weighted by molar-refractivity contribution is -0.359. The first-order valence-electron chi connectivity index (χ1n) is 28.9. The van der Waals surface area contributed by atoms with Gasteiger partial charge in [0.05, 0.1) is 32.0 Å². The molecule has 414 valence electrons. The fourth-order valence-corrected chi connectivity index (χ4v) is 9.76. The van der Waals surface area contributed by atoms with Gasteiger partial charge in [0.25, 0.3) is 0 Å². The fraction of sp³-hybridized carbons (Fsp3) is 0.946. The van der Waals surface area contributed by atoms with Gasteiger partial charge in [-0.2, -0.15) is 0 Å². The van der Waals surface area contributed by atoms with Gasteiger partial charge in [-0.1, -0.05) is 231 Å². The highest BCUT2D eigenvalue weighted by atomic mass is 16.7. The Balaban J connectivity index is 1.74. The Morgan fingerprint density at radius 3 is 1.31 bits per heavy atom. The predicted molar refractivity (Wildman–Crippen MR) is 277 cm³/mol. The molecule has 2 saturated heterocycles. The zero-order valence-corrected chi connectivity index (χ0v) is 44.3. The van der Waals surface area contributed by atoms with Gasteiger partial charge in [-0.25, -0.2) is 0 Å². The molecule has 1 unspecified atom stereocenters. The zero-order valence-electron chi connectivity index (χ0n) is 44.3. The monoisotopic (exact) mass is 1000 g/mol. The molecule has 2 aliphatic rings. The van der Waals surface area contributed by atoms with Crippen molar-refractivity contribution < 1.29 is 64.6 Å². The number of ether oxygens (including phenoxy) is 4. The number of carbonyl (C=O) groups excluding carboxylic acids is 1. The summed E-state index contributed by atoms with van der Waals surface area (Å²) >= 11 is 0. The average molecular weight is 1000 g/mol. The summed E-state index contributed by atoms with van der Waals surface area (Å²) in [6.45, 7) is 2.81. The third-order valence-electron chi connectivity index (χ3n) is 14.5. The van der Waals surface area contributed by atoms with E-state index in [-0.39, 0.29) is 18.9 Å². The molecule has 0 bridgehead atoms. The summed E-state index contributed by atoms with van der Waals surface area (Å²) in [7, 11) is 0. The number of aliphatic hydroxyl groups excluding tert-OH is 8. The molecular weight excluding hydrogens is 895 g/mol. The molecule has 0 saturated carbocycles. The number of carbonyl (C=O) groups is 1. The van der Waals surface area contributed by atoms with Crippen molar-refractivity contribution in [3.8, 4) is 0 Å². The molecule has 2 rings (SSSR count). The Bertz CT molecular complexity index is 1230. The molecule has 2 aliphatic heterocycles. The lowest BCUT2D eigenvalue weighted by Crippen LogP contribution is -2.65. The standard InChI is InChI=1S/C56H107NO13/c1-3-5-7-9-11-13-15-17-18-19-20-21-22-23-24-25-26-28-30-32-34-36-38-40-48(61)57-44(45(60)39-37-35-33-31-29-27-16-14-12-10-8-6-4-2)43-67-55-53(66)51(64)54(47(42-59)69-55)70-56-52(65)50(63)49(62)46(41-58)68-56/h37,39,44-47,49-56,58-60,62-66H,3-36,38,40-43H2,1-2H3,(H,57,61)/t44-,45+,46+,47+,49-,50-,51+,52+,53?,54+,55+,56-/m0/s1. The van der Waals surface area contributed by atoms with Crippen LogP contribution in [-0.2, 0) is 23.7 Å². The van der Waals surface area contributed by atoms with Gasteiger partial charge in [-0.3, -0.25) is 4.79 Å². The molecule has 0 aliphatic carbocycles. The molecule has 0 aromatic carbocycles. The minimum Gasteiger partial charge on any atom is -0.394 e. The highest BCUT2D eigenvalue weighted by Gasteiger charge is 2.51. The quantitative estimate of drug-likeness (QED) is 0.0205. The molecule has 70 heavy (non-hydrogen) atoms. The van der Waals surface area contributed by atoms with E-state index in [2.05, 4.69) is 19.2 Å². The average Bonchev–Trinajstić information content (AvgIpc) is 3.36. The van der Waals surface area contributed by atoms with Crippen LogP contribution in [0.3, 0.4) is 0 Å². The van der Waals surface area contributed by atoms with Crippen molar-refractivity contribution >= 4 is 5.91 Å². The third kappa shape index (κ3) is 29.0. The summed E-state index contributed by atoms with van der Waals surface area (Å²) < 4.78 is 22.7. The normalized spacial score (nSPS) is 26.0. The number of rotatable bonds is 46. The van der Waals surface area contributed by atoms with Gasteiger partial charge in [-0.15, -0.1) is 0 Å². The maximum absolute atomic E-state index is 13.2. The van der Waals surface area contributed by atoms with Crippen molar-refractivity contribution in [2.24, 2.45) is 0 Å². The van der Waals surface area contributed by atoms with Crippen molar-refractivity contribution in [2.45, 2.75) is 319 Å². The number of hydrogen-bond donors (Lipinski definition) is 9. The number of unbranched alkanes of at least 4 members (excludes halogenated alkanes) is 33. The lowest BCUT2D eigenvalue weighted by atomic mass is 9.97. The Hall–Kier alpha value is -1.27. The van der Waals surface area contributed by atoms with Crippen LogP contribution in [-0.4, -0.2) is 140 Å². The summed E-state index contributed by atoms with van der Waals surface area (Å²) in [4.78, 5) is 13.2. The molecule has 14 heteroatoms. The summed E-state index contributed by atoms with van der Waals surface area (Å²) in [5.41, 5.74) is 0. The second-order valence-corrected chi connectivity index (χ2v) is 20.8. The van der Waals surface area contributed by atoms with Gasteiger partial charge >= 0.3 is 0 Å². The molecule has 14 nitrogen and oxygen atoms in total. The van der Waals surface area contributed by atoms with Crippen molar-refractivity contribution in [1.29, 1.82) is 0 Å². The van der Waals surface area contributed by atoms with E-state index in [1.165, 1.54) is 180 Å². The SMILES string of the molecule is CCCCCCCCCCCCCC=C[C@@H](O)[C@H](CO[C@@H]1O[C@H](CO)[C@@H](O[C@@H]2O[C@H](CO)[C@H](O)[C@H](O)[C@H]2O)[C@H](O)C1O)NC(=O)CCCCCCCCCCCCCCCCCCCCCCCCC. The molecular formula is C56H107NO13. The van der Waals surface area contributed by atoms with E-state index in [1.54, 1.807) is 6.08 Å².